The van der Waals surface area contributed by atoms with Crippen molar-refractivity contribution in [3.63, 3.8) is 0 Å². The van der Waals surface area contributed by atoms with Gasteiger partial charge in [-0.05, 0) is 29.2 Å². The lowest BCUT2D eigenvalue weighted by Gasteiger charge is -2.22. The molecule has 1 aliphatic rings. The first-order valence-electron chi connectivity index (χ1n) is 10.9. The van der Waals surface area contributed by atoms with Gasteiger partial charge in [0.15, 0.2) is 5.13 Å². The number of nitrogens with zero attached hydrogens (tertiary/aromatic N) is 2. The number of carbonyl (C=O) groups is 2. The molecule has 6 nitrogen and oxygen atoms in total. The van der Waals surface area contributed by atoms with Crippen LogP contribution in [0.5, 0.6) is 0 Å². The van der Waals surface area contributed by atoms with Gasteiger partial charge in [-0.3, -0.25) is 9.69 Å². The van der Waals surface area contributed by atoms with Crippen LogP contribution in [0.1, 0.15) is 18.4 Å². The van der Waals surface area contributed by atoms with E-state index in [1.54, 1.807) is 0 Å². The molecular weight excluding hydrogens is 434 g/mol. The molecule has 0 radical (unpaired) electrons. The summed E-state index contributed by atoms with van der Waals surface area (Å²) in [5.74, 6) is -0.233. The lowest BCUT2D eigenvalue weighted by molar-refractivity contribution is -0.120. The Morgan fingerprint density at radius 3 is 2.70 bits per heavy atom. The molecule has 1 saturated heterocycles. The summed E-state index contributed by atoms with van der Waals surface area (Å²) in [5, 5.41) is 7.62. The molecule has 0 unspecified atom stereocenters. The fourth-order valence-corrected chi connectivity index (χ4v) is 4.87. The lowest BCUT2D eigenvalue weighted by atomic mass is 10.0. The number of benzene rings is 3. The van der Waals surface area contributed by atoms with Gasteiger partial charge in [0, 0.05) is 17.5 Å². The van der Waals surface area contributed by atoms with Gasteiger partial charge in [-0.25, -0.2) is 9.78 Å². The minimum atomic E-state index is -0.557. The van der Waals surface area contributed by atoms with Gasteiger partial charge in [0.25, 0.3) is 0 Å². The summed E-state index contributed by atoms with van der Waals surface area (Å²) in [6.07, 6.45) is 0.901. The van der Waals surface area contributed by atoms with Crippen LogP contribution in [0.15, 0.2) is 78.2 Å². The molecule has 166 valence electrons. The predicted octanol–water partition coefficient (Wildman–Crippen LogP) is 5.70. The first-order valence-corrected chi connectivity index (χ1v) is 11.8. The first-order chi connectivity index (χ1) is 16.2. The normalized spacial score (nSPS) is 15.5. The Balaban J connectivity index is 1.26. The molecule has 0 saturated carbocycles. The van der Waals surface area contributed by atoms with E-state index in [9.17, 15) is 9.59 Å². The van der Waals surface area contributed by atoms with Crippen LogP contribution in [0.4, 0.5) is 9.93 Å². The van der Waals surface area contributed by atoms with Crippen LogP contribution < -0.4 is 5.32 Å². The second-order valence-corrected chi connectivity index (χ2v) is 8.80. The molecule has 0 spiro atoms. The molecule has 4 aromatic rings. The molecule has 0 aliphatic carbocycles. The molecule has 1 N–H and O–H groups in total. The maximum atomic E-state index is 13.0. The van der Waals surface area contributed by atoms with Crippen molar-refractivity contribution in [3.05, 3.63) is 83.7 Å². The fourth-order valence-electron chi connectivity index (χ4n) is 4.15. The summed E-state index contributed by atoms with van der Waals surface area (Å²) in [4.78, 5) is 31.7. The average Bonchev–Trinajstić information content (AvgIpc) is 3.53. The van der Waals surface area contributed by atoms with Gasteiger partial charge >= 0.3 is 6.09 Å². The minimum Gasteiger partial charge on any atom is -0.445 e. The molecule has 5 rings (SSSR count). The zero-order valence-corrected chi connectivity index (χ0v) is 18.8. The van der Waals surface area contributed by atoms with Crippen LogP contribution in [0.25, 0.3) is 22.0 Å². The van der Waals surface area contributed by atoms with E-state index in [2.05, 4.69) is 28.5 Å². The second kappa shape index (κ2) is 9.42. The van der Waals surface area contributed by atoms with Crippen molar-refractivity contribution >= 4 is 39.2 Å². The molecule has 2 amide bonds. The smallest absolute Gasteiger partial charge is 0.410 e. The van der Waals surface area contributed by atoms with Crippen LogP contribution in [0.2, 0.25) is 0 Å². The highest BCUT2D eigenvalue weighted by Crippen LogP contribution is 2.31. The molecule has 0 bridgehead atoms. The summed E-state index contributed by atoms with van der Waals surface area (Å²) < 4.78 is 5.44. The molecule has 3 aromatic carbocycles. The van der Waals surface area contributed by atoms with Crippen LogP contribution in [0, 0.1) is 0 Å². The number of carbonyl (C=O) groups excluding carboxylic acids is 2. The van der Waals surface area contributed by atoms with Crippen LogP contribution >= 0.6 is 11.3 Å². The number of amides is 2. The first kappa shape index (κ1) is 21.2. The van der Waals surface area contributed by atoms with E-state index in [-0.39, 0.29) is 12.5 Å². The van der Waals surface area contributed by atoms with Crippen LogP contribution in [-0.4, -0.2) is 34.5 Å². The zero-order valence-electron chi connectivity index (χ0n) is 17.9. The van der Waals surface area contributed by atoms with Crippen LogP contribution in [0.3, 0.4) is 0 Å². The maximum Gasteiger partial charge on any atom is 0.410 e. The topological polar surface area (TPSA) is 71.5 Å². The Labute approximate surface area is 195 Å². The number of nitrogens with one attached hydrogen (secondary N) is 1. The summed E-state index contributed by atoms with van der Waals surface area (Å²) >= 11 is 1.38. The van der Waals surface area contributed by atoms with E-state index in [0.717, 1.165) is 34.0 Å². The number of aromatic nitrogens is 1. The zero-order chi connectivity index (χ0) is 22.6. The minimum absolute atomic E-state index is 0.186. The summed E-state index contributed by atoms with van der Waals surface area (Å²) in [6, 6.07) is 23.2. The van der Waals surface area contributed by atoms with Crippen molar-refractivity contribution < 1.29 is 14.3 Å². The SMILES string of the molecule is O=C(Nc1nc(-c2cccc3ccccc23)cs1)[C@@H]1CCCN1C(=O)OCc1ccccc1. The third-order valence-corrected chi connectivity index (χ3v) is 6.55. The van der Waals surface area contributed by atoms with Gasteiger partial charge in [0.05, 0.1) is 5.69 Å². The highest BCUT2D eigenvalue weighted by molar-refractivity contribution is 7.14. The molecule has 33 heavy (non-hydrogen) atoms. The van der Waals surface area contributed by atoms with Crippen molar-refractivity contribution in [2.24, 2.45) is 0 Å². The molecule has 2 heterocycles. The second-order valence-electron chi connectivity index (χ2n) is 7.95. The number of likely N-dealkylation sites (tertiary alicyclic amines) is 1. The Bertz CT molecular complexity index is 1280. The van der Waals surface area contributed by atoms with Gasteiger partial charge in [0.1, 0.15) is 12.6 Å². The van der Waals surface area contributed by atoms with E-state index in [4.69, 9.17) is 4.74 Å². The fraction of sp³-hybridized carbons (Fsp3) is 0.192. The van der Waals surface area contributed by atoms with E-state index in [0.29, 0.717) is 18.1 Å². The predicted molar refractivity (Wildman–Crippen MR) is 130 cm³/mol. The van der Waals surface area contributed by atoms with Gasteiger partial charge in [-0.2, -0.15) is 0 Å². The lowest BCUT2D eigenvalue weighted by Crippen LogP contribution is -2.43. The number of anilines is 1. The summed E-state index contributed by atoms with van der Waals surface area (Å²) in [5.41, 5.74) is 2.75. The standard InChI is InChI=1S/C26H23N3O3S/c30-24(23-14-7-15-29(23)26(31)32-16-18-8-2-1-3-9-18)28-25-27-22(17-33-25)21-13-6-11-19-10-4-5-12-20(19)21/h1-6,8-13,17,23H,7,14-16H2,(H,27,28,30)/t23-/m0/s1. The molecule has 1 fully saturated rings. The third kappa shape index (κ3) is 4.59. The van der Waals surface area contributed by atoms with E-state index in [1.807, 2.05) is 60.0 Å². The summed E-state index contributed by atoms with van der Waals surface area (Å²) in [7, 11) is 0. The molecule has 1 aromatic heterocycles. The van der Waals surface area contributed by atoms with Gasteiger partial charge < -0.3 is 10.1 Å². The van der Waals surface area contributed by atoms with Gasteiger partial charge in [-0.15, -0.1) is 11.3 Å². The van der Waals surface area contributed by atoms with E-state index in [1.165, 1.54) is 16.2 Å². The van der Waals surface area contributed by atoms with Crippen molar-refractivity contribution in [1.29, 1.82) is 0 Å². The molecule has 1 aliphatic heterocycles. The monoisotopic (exact) mass is 457 g/mol. The Hall–Kier alpha value is -3.71. The van der Waals surface area contributed by atoms with Gasteiger partial charge in [0.2, 0.25) is 5.91 Å². The number of rotatable bonds is 5. The Kier molecular flexibility index (Phi) is 6.04. The van der Waals surface area contributed by atoms with E-state index < -0.39 is 12.1 Å². The third-order valence-electron chi connectivity index (χ3n) is 5.80. The van der Waals surface area contributed by atoms with Crippen LogP contribution in [-0.2, 0) is 16.1 Å². The van der Waals surface area contributed by atoms with Crippen molar-refractivity contribution in [2.75, 3.05) is 11.9 Å². The number of ether oxygens (including phenoxy) is 1. The number of hydrogen-bond acceptors (Lipinski definition) is 5. The molecule has 1 atom stereocenters. The van der Waals surface area contributed by atoms with Gasteiger partial charge in [-0.1, -0.05) is 72.8 Å². The maximum absolute atomic E-state index is 13.0. The summed E-state index contributed by atoms with van der Waals surface area (Å²) in [6.45, 7) is 0.691. The highest BCUT2D eigenvalue weighted by Gasteiger charge is 2.35. The largest absolute Gasteiger partial charge is 0.445 e. The number of fused-ring (bicyclic) bond motifs is 1. The number of hydrogen-bond donors (Lipinski definition) is 1. The number of thiazole rings is 1. The average molecular weight is 458 g/mol. The quantitative estimate of drug-likeness (QED) is 0.417. The van der Waals surface area contributed by atoms with Crippen molar-refractivity contribution in [1.82, 2.24) is 9.88 Å². The molecule has 7 heteroatoms. The molecular formula is C26H23N3O3S. The Morgan fingerprint density at radius 1 is 1.03 bits per heavy atom. The van der Waals surface area contributed by atoms with Crippen molar-refractivity contribution in [2.45, 2.75) is 25.5 Å². The van der Waals surface area contributed by atoms with Crippen molar-refractivity contribution in [3.8, 4) is 11.3 Å². The van der Waals surface area contributed by atoms with E-state index >= 15 is 0 Å². The highest BCUT2D eigenvalue weighted by atomic mass is 32.1. The Morgan fingerprint density at radius 2 is 1.82 bits per heavy atom.